The van der Waals surface area contributed by atoms with Crippen LogP contribution in [0.25, 0.3) is 11.4 Å². The zero-order valence-electron chi connectivity index (χ0n) is 11.1. The number of ether oxygens (including phenoxy) is 1. The van der Waals surface area contributed by atoms with Crippen LogP contribution >= 0.6 is 27.5 Å². The molecule has 0 aliphatic heterocycles. The molecule has 22 heavy (non-hydrogen) atoms. The van der Waals surface area contributed by atoms with Crippen molar-refractivity contribution in [2.45, 2.75) is 6.61 Å². The third kappa shape index (κ3) is 3.45. The van der Waals surface area contributed by atoms with E-state index in [1.807, 2.05) is 24.3 Å². The van der Waals surface area contributed by atoms with Gasteiger partial charge in [-0.2, -0.15) is 4.98 Å². The van der Waals surface area contributed by atoms with Gasteiger partial charge >= 0.3 is 0 Å². The minimum absolute atomic E-state index is 0.0480. The van der Waals surface area contributed by atoms with E-state index >= 15 is 0 Å². The van der Waals surface area contributed by atoms with E-state index in [4.69, 9.17) is 20.9 Å². The summed E-state index contributed by atoms with van der Waals surface area (Å²) in [7, 11) is 0. The summed E-state index contributed by atoms with van der Waals surface area (Å²) in [6, 6.07) is 11.4. The molecule has 0 aliphatic carbocycles. The van der Waals surface area contributed by atoms with E-state index in [0.29, 0.717) is 17.5 Å². The number of aromatic nitrogens is 2. The van der Waals surface area contributed by atoms with Gasteiger partial charge in [-0.15, -0.1) is 0 Å². The summed E-state index contributed by atoms with van der Waals surface area (Å²) >= 11 is 9.26. The highest BCUT2D eigenvalue weighted by molar-refractivity contribution is 9.10. The fraction of sp³-hybridized carbons (Fsp3) is 0.0667. The van der Waals surface area contributed by atoms with E-state index in [9.17, 15) is 4.39 Å². The summed E-state index contributed by atoms with van der Waals surface area (Å²) in [5, 5.41) is 4.08. The molecule has 0 unspecified atom stereocenters. The zero-order chi connectivity index (χ0) is 15.5. The maximum atomic E-state index is 12.9. The van der Waals surface area contributed by atoms with E-state index in [0.717, 1.165) is 10.0 Å². The molecule has 2 aromatic carbocycles. The van der Waals surface area contributed by atoms with Crippen LogP contribution in [0.5, 0.6) is 5.75 Å². The molecule has 0 N–H and O–H groups in total. The second-order valence-corrected chi connectivity index (χ2v) is 5.71. The monoisotopic (exact) mass is 382 g/mol. The second kappa shape index (κ2) is 6.46. The second-order valence-electron chi connectivity index (χ2n) is 4.39. The molecule has 3 aromatic rings. The Kier molecular flexibility index (Phi) is 4.40. The SMILES string of the molecule is Fc1ccc(OCc2nc(-c3cccc(Br)c3)no2)c(Cl)c1. The van der Waals surface area contributed by atoms with Crippen molar-refractivity contribution in [2.24, 2.45) is 0 Å². The summed E-state index contributed by atoms with van der Waals surface area (Å²) in [4.78, 5) is 4.24. The average Bonchev–Trinajstić information content (AvgIpc) is 2.95. The number of nitrogens with zero attached hydrogens (tertiary/aromatic N) is 2. The molecule has 0 radical (unpaired) electrons. The van der Waals surface area contributed by atoms with Crippen molar-refractivity contribution in [3.05, 3.63) is 63.7 Å². The minimum atomic E-state index is -0.424. The Balaban J connectivity index is 1.72. The van der Waals surface area contributed by atoms with Crippen LogP contribution in [0, 0.1) is 5.82 Å². The standard InChI is InChI=1S/C15H9BrClFN2O2/c16-10-3-1-2-9(6-10)15-19-14(22-20-15)8-21-13-5-4-11(18)7-12(13)17/h1-7H,8H2. The molecule has 0 fully saturated rings. The molecule has 7 heteroatoms. The van der Waals surface area contributed by atoms with Gasteiger partial charge in [0.25, 0.3) is 5.89 Å². The van der Waals surface area contributed by atoms with Crippen molar-refractivity contribution in [3.63, 3.8) is 0 Å². The Morgan fingerprint density at radius 1 is 1.23 bits per heavy atom. The van der Waals surface area contributed by atoms with Crippen LogP contribution in [-0.2, 0) is 6.61 Å². The molecule has 112 valence electrons. The van der Waals surface area contributed by atoms with E-state index < -0.39 is 5.82 Å². The lowest BCUT2D eigenvalue weighted by atomic mass is 10.2. The molecule has 1 heterocycles. The molecule has 0 spiro atoms. The lowest BCUT2D eigenvalue weighted by molar-refractivity contribution is 0.243. The lowest BCUT2D eigenvalue weighted by Gasteiger charge is -2.04. The molecule has 4 nitrogen and oxygen atoms in total. The van der Waals surface area contributed by atoms with Crippen LogP contribution in [0.4, 0.5) is 4.39 Å². The Morgan fingerprint density at radius 3 is 2.86 bits per heavy atom. The van der Waals surface area contributed by atoms with Gasteiger partial charge in [-0.1, -0.05) is 44.8 Å². The largest absolute Gasteiger partial charge is 0.482 e. The molecule has 0 saturated carbocycles. The summed E-state index contributed by atoms with van der Waals surface area (Å²) in [5.74, 6) is 0.692. The van der Waals surface area contributed by atoms with Gasteiger partial charge in [0.2, 0.25) is 5.82 Å². The van der Waals surface area contributed by atoms with Crippen molar-refractivity contribution in [1.29, 1.82) is 0 Å². The Morgan fingerprint density at radius 2 is 2.09 bits per heavy atom. The fourth-order valence-corrected chi connectivity index (χ4v) is 2.41. The van der Waals surface area contributed by atoms with Crippen LogP contribution in [0.1, 0.15) is 5.89 Å². The number of benzene rings is 2. The zero-order valence-corrected chi connectivity index (χ0v) is 13.4. The Bertz CT molecular complexity index is 810. The van der Waals surface area contributed by atoms with Gasteiger partial charge in [-0.05, 0) is 30.3 Å². The first kappa shape index (κ1) is 15.0. The van der Waals surface area contributed by atoms with Crippen molar-refractivity contribution < 1.29 is 13.7 Å². The molecule has 3 rings (SSSR count). The predicted octanol–water partition coefficient (Wildman–Crippen LogP) is 4.87. The Labute approximate surface area is 139 Å². The third-order valence-electron chi connectivity index (χ3n) is 2.80. The molecular weight excluding hydrogens is 375 g/mol. The van der Waals surface area contributed by atoms with Gasteiger partial charge in [0.1, 0.15) is 11.6 Å². The Hall–Kier alpha value is -1.92. The van der Waals surface area contributed by atoms with Crippen molar-refractivity contribution in [3.8, 4) is 17.1 Å². The third-order valence-corrected chi connectivity index (χ3v) is 3.58. The van der Waals surface area contributed by atoms with Crippen LogP contribution in [0.15, 0.2) is 51.5 Å². The minimum Gasteiger partial charge on any atom is -0.482 e. The van der Waals surface area contributed by atoms with E-state index in [-0.39, 0.29) is 11.6 Å². The summed E-state index contributed by atoms with van der Waals surface area (Å²) in [6.07, 6.45) is 0. The highest BCUT2D eigenvalue weighted by atomic mass is 79.9. The first-order chi connectivity index (χ1) is 10.6. The lowest BCUT2D eigenvalue weighted by Crippen LogP contribution is -1.96. The predicted molar refractivity (Wildman–Crippen MR) is 83.2 cm³/mol. The van der Waals surface area contributed by atoms with Crippen LogP contribution in [0.3, 0.4) is 0 Å². The number of halogens is 3. The average molecular weight is 384 g/mol. The first-order valence-corrected chi connectivity index (χ1v) is 7.45. The quantitative estimate of drug-likeness (QED) is 0.645. The van der Waals surface area contributed by atoms with E-state index in [2.05, 4.69) is 26.1 Å². The van der Waals surface area contributed by atoms with Crippen molar-refractivity contribution >= 4 is 27.5 Å². The summed E-state index contributed by atoms with van der Waals surface area (Å²) in [5.41, 5.74) is 0.823. The number of hydrogen-bond acceptors (Lipinski definition) is 4. The van der Waals surface area contributed by atoms with Gasteiger partial charge in [-0.3, -0.25) is 0 Å². The van der Waals surface area contributed by atoms with E-state index in [1.54, 1.807) is 0 Å². The molecule has 1 aromatic heterocycles. The van der Waals surface area contributed by atoms with E-state index in [1.165, 1.54) is 18.2 Å². The number of rotatable bonds is 4. The summed E-state index contributed by atoms with van der Waals surface area (Å²) < 4.78 is 24.4. The normalized spacial score (nSPS) is 10.7. The number of hydrogen-bond donors (Lipinski definition) is 0. The smallest absolute Gasteiger partial charge is 0.264 e. The van der Waals surface area contributed by atoms with Crippen molar-refractivity contribution in [1.82, 2.24) is 10.1 Å². The highest BCUT2D eigenvalue weighted by Gasteiger charge is 2.11. The van der Waals surface area contributed by atoms with Crippen LogP contribution in [0.2, 0.25) is 5.02 Å². The fourth-order valence-electron chi connectivity index (χ4n) is 1.79. The van der Waals surface area contributed by atoms with Crippen molar-refractivity contribution in [2.75, 3.05) is 0 Å². The van der Waals surface area contributed by atoms with Gasteiger partial charge < -0.3 is 9.26 Å². The topological polar surface area (TPSA) is 48.2 Å². The van der Waals surface area contributed by atoms with Gasteiger partial charge in [0.05, 0.1) is 5.02 Å². The molecular formula is C15H9BrClFN2O2. The van der Waals surface area contributed by atoms with Gasteiger partial charge in [0.15, 0.2) is 6.61 Å². The van der Waals surface area contributed by atoms with Gasteiger partial charge in [0, 0.05) is 10.0 Å². The highest BCUT2D eigenvalue weighted by Crippen LogP contribution is 2.26. The molecule has 0 saturated heterocycles. The molecule has 0 amide bonds. The maximum absolute atomic E-state index is 12.9. The first-order valence-electron chi connectivity index (χ1n) is 6.28. The van der Waals surface area contributed by atoms with Crippen LogP contribution < -0.4 is 4.74 Å². The van der Waals surface area contributed by atoms with Gasteiger partial charge in [-0.25, -0.2) is 4.39 Å². The maximum Gasteiger partial charge on any atom is 0.264 e. The molecule has 0 bridgehead atoms. The van der Waals surface area contributed by atoms with Crippen LogP contribution in [-0.4, -0.2) is 10.1 Å². The molecule has 0 atom stereocenters. The summed E-state index contributed by atoms with van der Waals surface area (Å²) in [6.45, 7) is 0.0480. The molecule has 0 aliphatic rings.